The van der Waals surface area contributed by atoms with Crippen LogP contribution < -0.4 is 4.90 Å². The van der Waals surface area contributed by atoms with Crippen molar-refractivity contribution in [1.29, 1.82) is 0 Å². The number of carbonyl (C=O) groups excluding carboxylic acids is 1. The number of unbranched alkanes of at least 4 members (excludes halogenated alkanes) is 1. The van der Waals surface area contributed by atoms with Crippen LogP contribution in [0.2, 0.25) is 0 Å². The first-order valence-electron chi connectivity index (χ1n) is 9.81. The second-order valence-corrected chi connectivity index (χ2v) is 8.98. The van der Waals surface area contributed by atoms with Crippen molar-refractivity contribution in [3.05, 3.63) is 57.4 Å². The van der Waals surface area contributed by atoms with Crippen molar-refractivity contribution in [3.63, 3.8) is 0 Å². The molecule has 6 heteroatoms. The lowest BCUT2D eigenvalue weighted by atomic mass is 9.98. The van der Waals surface area contributed by atoms with Gasteiger partial charge in [0, 0.05) is 22.4 Å². The summed E-state index contributed by atoms with van der Waals surface area (Å²) in [5.74, 6) is 1.13. The standard InChI is InChI=1S/C22H22IN3O2/c23-15-7-8-19-17(13-15)24-20(25(19)11-3-4-12-27)14-26-18-6-2-1-5-16(18)22(9-10-22)21(26)28/h1-2,5-8,13,27H,3-4,9-12,14H2. The van der Waals surface area contributed by atoms with Crippen molar-refractivity contribution >= 4 is 45.2 Å². The third kappa shape index (κ3) is 2.76. The summed E-state index contributed by atoms with van der Waals surface area (Å²) in [6.45, 7) is 1.48. The molecule has 1 aliphatic heterocycles. The van der Waals surface area contributed by atoms with Crippen molar-refractivity contribution < 1.29 is 9.90 Å². The number of amides is 1. The smallest absolute Gasteiger partial charge is 0.238 e. The Morgan fingerprint density at radius 3 is 2.75 bits per heavy atom. The Bertz CT molecular complexity index is 1070. The molecule has 0 bridgehead atoms. The molecule has 5 nitrogen and oxygen atoms in total. The summed E-state index contributed by atoms with van der Waals surface area (Å²) in [7, 11) is 0. The Morgan fingerprint density at radius 1 is 1.14 bits per heavy atom. The van der Waals surface area contributed by atoms with Crippen LogP contribution in [0.5, 0.6) is 0 Å². The molecule has 28 heavy (non-hydrogen) atoms. The van der Waals surface area contributed by atoms with E-state index < -0.39 is 0 Å². The van der Waals surface area contributed by atoms with Gasteiger partial charge in [0.2, 0.25) is 5.91 Å². The molecule has 1 aliphatic carbocycles. The van der Waals surface area contributed by atoms with Crippen LogP contribution in [0.25, 0.3) is 11.0 Å². The fourth-order valence-corrected chi connectivity index (χ4v) is 4.88. The van der Waals surface area contributed by atoms with E-state index in [1.54, 1.807) is 0 Å². The molecule has 1 saturated carbocycles. The van der Waals surface area contributed by atoms with E-state index in [1.807, 2.05) is 17.0 Å². The van der Waals surface area contributed by atoms with Crippen LogP contribution >= 0.6 is 22.6 Å². The van der Waals surface area contributed by atoms with Gasteiger partial charge in [-0.05, 0) is 78.1 Å². The summed E-state index contributed by atoms with van der Waals surface area (Å²) < 4.78 is 3.37. The van der Waals surface area contributed by atoms with Crippen molar-refractivity contribution in [2.45, 2.75) is 44.2 Å². The van der Waals surface area contributed by atoms with Gasteiger partial charge < -0.3 is 14.6 Å². The maximum absolute atomic E-state index is 13.2. The van der Waals surface area contributed by atoms with E-state index in [9.17, 15) is 9.90 Å². The Labute approximate surface area is 177 Å². The first-order chi connectivity index (χ1) is 13.6. The molecule has 2 heterocycles. The van der Waals surface area contributed by atoms with E-state index in [0.29, 0.717) is 6.54 Å². The molecule has 0 atom stereocenters. The zero-order chi connectivity index (χ0) is 19.3. The molecule has 0 radical (unpaired) electrons. The summed E-state index contributed by atoms with van der Waals surface area (Å²) in [6.07, 6.45) is 3.54. The molecule has 0 unspecified atom stereocenters. The van der Waals surface area contributed by atoms with Crippen LogP contribution in [0, 0.1) is 3.57 Å². The van der Waals surface area contributed by atoms with Gasteiger partial charge in [-0.15, -0.1) is 0 Å². The van der Waals surface area contributed by atoms with Gasteiger partial charge in [0.25, 0.3) is 0 Å². The molecule has 1 fully saturated rings. The lowest BCUT2D eigenvalue weighted by molar-refractivity contribution is -0.120. The molecule has 1 amide bonds. The average molecular weight is 487 g/mol. The second kappa shape index (κ2) is 6.84. The van der Waals surface area contributed by atoms with E-state index in [4.69, 9.17) is 4.98 Å². The molecule has 0 saturated heterocycles. The van der Waals surface area contributed by atoms with E-state index in [0.717, 1.165) is 58.3 Å². The quantitative estimate of drug-likeness (QED) is 0.423. The normalized spacial score (nSPS) is 16.9. The number of aliphatic hydroxyl groups is 1. The lowest BCUT2D eigenvalue weighted by Crippen LogP contribution is -2.32. The van der Waals surface area contributed by atoms with Crippen molar-refractivity contribution in [2.75, 3.05) is 11.5 Å². The Hall–Kier alpha value is -1.93. The highest BCUT2D eigenvalue weighted by Gasteiger charge is 2.59. The van der Waals surface area contributed by atoms with Gasteiger partial charge in [0.1, 0.15) is 5.82 Å². The van der Waals surface area contributed by atoms with E-state index in [2.05, 4.69) is 57.5 Å². The fourth-order valence-electron chi connectivity index (χ4n) is 4.41. The number of hydrogen-bond donors (Lipinski definition) is 1. The minimum atomic E-state index is -0.278. The van der Waals surface area contributed by atoms with Crippen LogP contribution in [0.15, 0.2) is 42.5 Å². The Balaban J connectivity index is 1.54. The first-order valence-corrected chi connectivity index (χ1v) is 10.9. The fraction of sp³-hybridized carbons (Fsp3) is 0.364. The SMILES string of the molecule is O=C1N(Cc2nc3cc(I)ccc3n2CCCCO)c2ccccc2C12CC2. The molecular formula is C22H22IN3O2. The number of halogens is 1. The molecule has 2 aliphatic rings. The summed E-state index contributed by atoms with van der Waals surface area (Å²) >= 11 is 2.30. The third-order valence-corrected chi connectivity index (χ3v) is 6.66. The van der Waals surface area contributed by atoms with Crippen molar-refractivity contribution in [1.82, 2.24) is 9.55 Å². The number of nitrogens with zero attached hydrogens (tertiary/aromatic N) is 3. The highest BCUT2D eigenvalue weighted by molar-refractivity contribution is 14.1. The number of aryl methyl sites for hydroxylation is 1. The monoisotopic (exact) mass is 487 g/mol. The largest absolute Gasteiger partial charge is 0.396 e. The van der Waals surface area contributed by atoms with Gasteiger partial charge >= 0.3 is 0 Å². The maximum atomic E-state index is 13.2. The number of aromatic nitrogens is 2. The molecule has 1 N–H and O–H groups in total. The van der Waals surface area contributed by atoms with Gasteiger partial charge in [-0.1, -0.05) is 18.2 Å². The summed E-state index contributed by atoms with van der Waals surface area (Å²) in [6, 6.07) is 14.5. The van der Waals surface area contributed by atoms with Gasteiger partial charge in [-0.2, -0.15) is 0 Å². The number of carbonyl (C=O) groups is 1. The molecule has 1 aromatic heterocycles. The zero-order valence-corrected chi connectivity index (χ0v) is 17.7. The molecular weight excluding hydrogens is 465 g/mol. The number of fused-ring (bicyclic) bond motifs is 3. The predicted molar refractivity (Wildman–Crippen MR) is 117 cm³/mol. The highest BCUT2D eigenvalue weighted by Crippen LogP contribution is 2.57. The topological polar surface area (TPSA) is 58.4 Å². The van der Waals surface area contributed by atoms with E-state index >= 15 is 0 Å². The molecule has 2 aromatic carbocycles. The van der Waals surface area contributed by atoms with Crippen molar-refractivity contribution in [2.24, 2.45) is 0 Å². The summed E-state index contributed by atoms with van der Waals surface area (Å²) in [5.41, 5.74) is 3.99. The minimum Gasteiger partial charge on any atom is -0.396 e. The maximum Gasteiger partial charge on any atom is 0.238 e. The van der Waals surface area contributed by atoms with Crippen LogP contribution in [-0.4, -0.2) is 27.2 Å². The highest BCUT2D eigenvalue weighted by atomic mass is 127. The second-order valence-electron chi connectivity index (χ2n) is 7.73. The molecule has 5 rings (SSSR count). The van der Waals surface area contributed by atoms with Gasteiger partial charge in [0.15, 0.2) is 0 Å². The zero-order valence-electron chi connectivity index (χ0n) is 15.6. The summed E-state index contributed by atoms with van der Waals surface area (Å²) in [5, 5.41) is 9.17. The van der Waals surface area contributed by atoms with Gasteiger partial charge in [-0.3, -0.25) is 4.79 Å². The number of para-hydroxylation sites is 1. The molecule has 1 spiro atoms. The van der Waals surface area contributed by atoms with Crippen LogP contribution in [0.4, 0.5) is 5.69 Å². The van der Waals surface area contributed by atoms with E-state index in [1.165, 1.54) is 5.56 Å². The number of hydrogen-bond acceptors (Lipinski definition) is 3. The predicted octanol–water partition coefficient (Wildman–Crippen LogP) is 3.99. The lowest BCUT2D eigenvalue weighted by Gasteiger charge is -2.19. The first kappa shape index (κ1) is 18.1. The third-order valence-electron chi connectivity index (χ3n) is 5.99. The average Bonchev–Trinajstić information content (AvgIpc) is 3.39. The van der Waals surface area contributed by atoms with Gasteiger partial charge in [-0.25, -0.2) is 4.98 Å². The Morgan fingerprint density at radius 2 is 1.96 bits per heavy atom. The minimum absolute atomic E-state index is 0.195. The molecule has 3 aromatic rings. The Kier molecular flexibility index (Phi) is 4.43. The number of anilines is 1. The van der Waals surface area contributed by atoms with Crippen molar-refractivity contribution in [3.8, 4) is 0 Å². The number of benzene rings is 2. The van der Waals surface area contributed by atoms with E-state index in [-0.39, 0.29) is 17.9 Å². The van der Waals surface area contributed by atoms with Gasteiger partial charge in [0.05, 0.1) is 23.0 Å². The summed E-state index contributed by atoms with van der Waals surface area (Å²) in [4.78, 5) is 20.1. The number of aliphatic hydroxyl groups excluding tert-OH is 1. The molecule has 144 valence electrons. The number of imidazole rings is 1. The van der Waals surface area contributed by atoms with Crippen LogP contribution in [-0.2, 0) is 23.3 Å². The van der Waals surface area contributed by atoms with Crippen LogP contribution in [0.3, 0.4) is 0 Å². The number of rotatable bonds is 6. The van der Waals surface area contributed by atoms with Crippen LogP contribution in [0.1, 0.15) is 37.1 Å².